The quantitative estimate of drug-likeness (QED) is 0.490. The third-order valence-corrected chi connectivity index (χ3v) is 4.00. The van der Waals surface area contributed by atoms with Crippen molar-refractivity contribution in [3.63, 3.8) is 0 Å². The first-order valence-corrected chi connectivity index (χ1v) is 8.05. The van der Waals surface area contributed by atoms with Crippen LogP contribution in [0.2, 0.25) is 0 Å². The molecule has 0 fully saturated rings. The van der Waals surface area contributed by atoms with Gasteiger partial charge in [-0.15, -0.1) is 0 Å². The standard InChI is InChI=1S/C18H9BrN2O4/c19-12-5-10(7-20-8-12)17-21-14(18(23)25-17)6-11-9-24-15-4-2-1-3-13(15)16(11)22/h1-9H. The van der Waals surface area contributed by atoms with E-state index in [9.17, 15) is 9.59 Å². The minimum Gasteiger partial charge on any atom is -0.463 e. The van der Waals surface area contributed by atoms with Crippen LogP contribution in [0.3, 0.4) is 0 Å². The molecule has 0 unspecified atom stereocenters. The topological polar surface area (TPSA) is 81.8 Å². The molecule has 25 heavy (non-hydrogen) atoms. The highest BCUT2D eigenvalue weighted by molar-refractivity contribution is 9.10. The molecule has 1 aliphatic rings. The van der Waals surface area contributed by atoms with Crippen molar-refractivity contribution in [1.29, 1.82) is 0 Å². The number of hydrogen-bond acceptors (Lipinski definition) is 6. The zero-order valence-corrected chi connectivity index (χ0v) is 14.2. The maximum atomic E-state index is 12.5. The van der Waals surface area contributed by atoms with Crippen molar-refractivity contribution in [1.82, 2.24) is 4.98 Å². The van der Waals surface area contributed by atoms with Gasteiger partial charge in [-0.3, -0.25) is 9.78 Å². The van der Waals surface area contributed by atoms with Crippen LogP contribution in [-0.4, -0.2) is 16.9 Å². The number of hydrogen-bond donors (Lipinski definition) is 0. The van der Waals surface area contributed by atoms with E-state index >= 15 is 0 Å². The fraction of sp³-hybridized carbons (Fsp3) is 0. The molecule has 0 spiro atoms. The van der Waals surface area contributed by atoms with E-state index in [0.29, 0.717) is 16.5 Å². The smallest absolute Gasteiger partial charge is 0.363 e. The van der Waals surface area contributed by atoms with E-state index < -0.39 is 5.97 Å². The average Bonchev–Trinajstić information content (AvgIpc) is 2.98. The number of rotatable bonds is 2. The Kier molecular flexibility index (Phi) is 3.77. The molecular weight excluding hydrogens is 388 g/mol. The van der Waals surface area contributed by atoms with Crippen molar-refractivity contribution in [2.45, 2.75) is 0 Å². The normalized spacial score (nSPS) is 15.5. The van der Waals surface area contributed by atoms with Crippen LogP contribution < -0.4 is 5.43 Å². The predicted octanol–water partition coefficient (Wildman–Crippen LogP) is 3.30. The Morgan fingerprint density at radius 2 is 1.96 bits per heavy atom. The van der Waals surface area contributed by atoms with Gasteiger partial charge in [0, 0.05) is 16.9 Å². The van der Waals surface area contributed by atoms with Crippen LogP contribution in [0.5, 0.6) is 0 Å². The number of aromatic nitrogens is 1. The highest BCUT2D eigenvalue weighted by Gasteiger charge is 2.25. The number of pyridine rings is 1. The lowest BCUT2D eigenvalue weighted by molar-refractivity contribution is -0.129. The third kappa shape index (κ3) is 2.89. The van der Waals surface area contributed by atoms with Crippen LogP contribution in [0.1, 0.15) is 11.1 Å². The number of cyclic esters (lactones) is 1. The number of carbonyl (C=O) groups excluding carboxylic acids is 1. The first kappa shape index (κ1) is 15.5. The van der Waals surface area contributed by atoms with Crippen LogP contribution >= 0.6 is 15.9 Å². The molecule has 1 aliphatic heterocycles. The van der Waals surface area contributed by atoms with Crippen molar-refractivity contribution >= 4 is 44.8 Å². The van der Waals surface area contributed by atoms with Gasteiger partial charge in [0.25, 0.3) is 0 Å². The Bertz CT molecular complexity index is 1130. The van der Waals surface area contributed by atoms with Crippen molar-refractivity contribution in [2.24, 2.45) is 4.99 Å². The third-order valence-electron chi connectivity index (χ3n) is 3.57. The molecule has 3 heterocycles. The summed E-state index contributed by atoms with van der Waals surface area (Å²) in [6.45, 7) is 0. The van der Waals surface area contributed by atoms with E-state index in [1.54, 1.807) is 36.5 Å². The molecule has 0 atom stereocenters. The van der Waals surface area contributed by atoms with Gasteiger partial charge in [0.15, 0.2) is 11.1 Å². The van der Waals surface area contributed by atoms with Gasteiger partial charge in [-0.2, -0.15) is 0 Å². The van der Waals surface area contributed by atoms with Crippen molar-refractivity contribution in [3.8, 4) is 0 Å². The fourth-order valence-corrected chi connectivity index (χ4v) is 2.77. The first-order chi connectivity index (χ1) is 12.1. The summed E-state index contributed by atoms with van der Waals surface area (Å²) in [6, 6.07) is 8.62. The van der Waals surface area contributed by atoms with E-state index in [1.165, 1.54) is 18.5 Å². The molecule has 2 aromatic heterocycles. The van der Waals surface area contributed by atoms with E-state index in [2.05, 4.69) is 25.9 Å². The number of ether oxygens (including phenoxy) is 1. The molecule has 7 heteroatoms. The second kappa shape index (κ2) is 6.10. The number of nitrogens with zero attached hydrogens (tertiary/aromatic N) is 2. The van der Waals surface area contributed by atoms with Gasteiger partial charge in [-0.25, -0.2) is 9.79 Å². The summed E-state index contributed by atoms with van der Waals surface area (Å²) in [6.07, 6.45) is 5.81. The molecule has 3 aromatic rings. The summed E-state index contributed by atoms with van der Waals surface area (Å²) in [4.78, 5) is 32.7. The second-order valence-electron chi connectivity index (χ2n) is 5.24. The van der Waals surface area contributed by atoms with Gasteiger partial charge in [0.1, 0.15) is 11.8 Å². The molecule has 0 amide bonds. The van der Waals surface area contributed by atoms with Gasteiger partial charge in [0.05, 0.1) is 16.5 Å². The predicted molar refractivity (Wildman–Crippen MR) is 95.0 cm³/mol. The molecule has 6 nitrogen and oxygen atoms in total. The van der Waals surface area contributed by atoms with E-state index in [-0.39, 0.29) is 22.6 Å². The minimum atomic E-state index is -0.637. The SMILES string of the molecule is O=C1OC(c2cncc(Br)c2)=NC1=Cc1coc2ccccc2c1=O. The number of benzene rings is 1. The zero-order chi connectivity index (χ0) is 17.4. The summed E-state index contributed by atoms with van der Waals surface area (Å²) >= 11 is 3.30. The molecule has 0 N–H and O–H groups in total. The molecular formula is C18H9BrN2O4. The van der Waals surface area contributed by atoms with E-state index in [1.807, 2.05) is 0 Å². The Morgan fingerprint density at radius 3 is 2.80 bits per heavy atom. The minimum absolute atomic E-state index is 0.0255. The van der Waals surface area contributed by atoms with Gasteiger partial charge in [0.2, 0.25) is 5.90 Å². The summed E-state index contributed by atoms with van der Waals surface area (Å²) in [5.41, 5.74) is 1.04. The van der Waals surface area contributed by atoms with Gasteiger partial charge in [-0.1, -0.05) is 12.1 Å². The molecule has 0 radical (unpaired) electrons. The van der Waals surface area contributed by atoms with E-state index in [4.69, 9.17) is 9.15 Å². The average molecular weight is 397 g/mol. The Balaban J connectivity index is 1.78. The Labute approximate surface area is 149 Å². The molecule has 122 valence electrons. The lowest BCUT2D eigenvalue weighted by Gasteiger charge is -1.98. The van der Waals surface area contributed by atoms with Crippen molar-refractivity contribution < 1.29 is 13.9 Å². The molecule has 1 aromatic carbocycles. The first-order valence-electron chi connectivity index (χ1n) is 7.26. The van der Waals surface area contributed by atoms with Gasteiger partial charge in [-0.05, 0) is 40.2 Å². The highest BCUT2D eigenvalue weighted by Crippen LogP contribution is 2.20. The molecule has 0 bridgehead atoms. The summed E-state index contributed by atoms with van der Waals surface area (Å²) < 4.78 is 11.3. The van der Waals surface area contributed by atoms with Crippen LogP contribution in [0.15, 0.2) is 73.4 Å². The van der Waals surface area contributed by atoms with Gasteiger partial charge < -0.3 is 9.15 Å². The lowest BCUT2D eigenvalue weighted by Crippen LogP contribution is -2.07. The largest absolute Gasteiger partial charge is 0.463 e. The molecule has 0 aliphatic carbocycles. The van der Waals surface area contributed by atoms with E-state index in [0.717, 1.165) is 4.47 Å². The van der Waals surface area contributed by atoms with Crippen molar-refractivity contribution in [3.05, 3.63) is 80.5 Å². The molecule has 4 rings (SSSR count). The fourth-order valence-electron chi connectivity index (χ4n) is 2.40. The second-order valence-corrected chi connectivity index (χ2v) is 6.16. The number of esters is 1. The lowest BCUT2D eigenvalue weighted by atomic mass is 10.1. The van der Waals surface area contributed by atoms with Crippen LogP contribution in [0.25, 0.3) is 17.0 Å². The Morgan fingerprint density at radius 1 is 1.12 bits per heavy atom. The zero-order valence-electron chi connectivity index (χ0n) is 12.6. The summed E-state index contributed by atoms with van der Waals surface area (Å²) in [5.74, 6) is -0.502. The van der Waals surface area contributed by atoms with Gasteiger partial charge >= 0.3 is 5.97 Å². The monoisotopic (exact) mass is 396 g/mol. The molecule has 0 saturated heterocycles. The summed E-state index contributed by atoms with van der Waals surface area (Å²) in [7, 11) is 0. The highest BCUT2D eigenvalue weighted by atomic mass is 79.9. The summed E-state index contributed by atoms with van der Waals surface area (Å²) in [5, 5.41) is 0.434. The number of aliphatic imine (C=N–C) groups is 1. The van der Waals surface area contributed by atoms with Crippen LogP contribution in [0.4, 0.5) is 0 Å². The van der Waals surface area contributed by atoms with Crippen molar-refractivity contribution in [2.75, 3.05) is 0 Å². The molecule has 0 saturated carbocycles. The van der Waals surface area contributed by atoms with Crippen LogP contribution in [-0.2, 0) is 9.53 Å². The Hall–Kier alpha value is -3.06. The number of halogens is 1. The maximum Gasteiger partial charge on any atom is 0.363 e. The number of fused-ring (bicyclic) bond motifs is 1. The number of carbonyl (C=O) groups is 1. The van der Waals surface area contributed by atoms with Crippen LogP contribution in [0, 0.1) is 0 Å². The maximum absolute atomic E-state index is 12.5. The number of para-hydroxylation sites is 1.